The van der Waals surface area contributed by atoms with E-state index in [1.54, 1.807) is 0 Å². The number of carbonyl (C=O) groups excluding carboxylic acids is 2. The van der Waals surface area contributed by atoms with Gasteiger partial charge in [-0.05, 0) is 24.3 Å². The number of nitrogens with two attached hydrogens (primary N) is 1. The molecule has 0 aliphatic carbocycles. The maximum atomic E-state index is 11.7. The minimum Gasteiger partial charge on any atom is -0.461 e. The van der Waals surface area contributed by atoms with E-state index >= 15 is 0 Å². The number of benzene rings is 1. The maximum Gasteiger partial charge on any atom is 0.294 e. The summed E-state index contributed by atoms with van der Waals surface area (Å²) in [6, 6.07) is 6.84. The highest BCUT2D eigenvalue weighted by atomic mass is 16.6. The van der Waals surface area contributed by atoms with Crippen molar-refractivity contribution < 1.29 is 18.9 Å². The zero-order valence-electron chi connectivity index (χ0n) is 10.7. The van der Waals surface area contributed by atoms with E-state index < -0.39 is 23.0 Å². The largest absolute Gasteiger partial charge is 0.461 e. The number of amides is 1. The maximum absolute atomic E-state index is 11.7. The Kier molecular flexibility index (Phi) is 3.98. The second kappa shape index (κ2) is 5.87. The average Bonchev–Trinajstić information content (AvgIpc) is 2.94. The number of Topliss-reactive ketones (excluding diaryl/α,β-unsaturated/α-hetero) is 1. The molecule has 1 aromatic heterocycles. The second-order valence-corrected chi connectivity index (χ2v) is 4.16. The molecule has 2 aromatic rings. The molecule has 0 atom stereocenters. The predicted octanol–water partition coefficient (Wildman–Crippen LogP) is 1.98. The van der Waals surface area contributed by atoms with Crippen LogP contribution in [0.1, 0.15) is 17.0 Å². The summed E-state index contributed by atoms with van der Waals surface area (Å²) in [4.78, 5) is 33.4. The van der Waals surface area contributed by atoms with Gasteiger partial charge in [0.25, 0.3) is 5.69 Å². The standard InChI is InChI=1S/C13H11N3O5/c14-9-4-3-8(6-10(9)16(19)20)15-13(18)7-11(17)12-2-1-5-21-12/h1-6H,7,14H2,(H,15,18). The summed E-state index contributed by atoms with van der Waals surface area (Å²) in [5.41, 5.74) is 5.31. The lowest BCUT2D eigenvalue weighted by Gasteiger charge is -2.05. The van der Waals surface area contributed by atoms with E-state index in [2.05, 4.69) is 5.32 Å². The molecule has 3 N–H and O–H groups in total. The molecule has 0 aliphatic rings. The fraction of sp³-hybridized carbons (Fsp3) is 0.0769. The summed E-state index contributed by atoms with van der Waals surface area (Å²) < 4.78 is 4.88. The van der Waals surface area contributed by atoms with Gasteiger partial charge < -0.3 is 15.5 Å². The van der Waals surface area contributed by atoms with E-state index in [4.69, 9.17) is 10.2 Å². The van der Waals surface area contributed by atoms with Crippen molar-refractivity contribution in [2.45, 2.75) is 6.42 Å². The third-order valence-electron chi connectivity index (χ3n) is 2.63. The summed E-state index contributed by atoms with van der Waals surface area (Å²) in [5.74, 6) is -1.01. The Bertz CT molecular complexity index is 694. The number of nitrogen functional groups attached to an aromatic ring is 1. The first kappa shape index (κ1) is 14.3. The van der Waals surface area contributed by atoms with Crippen LogP contribution in [0.3, 0.4) is 0 Å². The van der Waals surface area contributed by atoms with Gasteiger partial charge in [0.15, 0.2) is 5.76 Å². The van der Waals surface area contributed by atoms with Gasteiger partial charge in [-0.15, -0.1) is 0 Å². The van der Waals surface area contributed by atoms with E-state index in [9.17, 15) is 19.7 Å². The molecule has 0 fully saturated rings. The van der Waals surface area contributed by atoms with Crippen molar-refractivity contribution in [3.63, 3.8) is 0 Å². The normalized spacial score (nSPS) is 10.1. The van der Waals surface area contributed by atoms with E-state index in [0.717, 1.165) is 6.07 Å². The number of hydrogen-bond acceptors (Lipinski definition) is 6. The summed E-state index contributed by atoms with van der Waals surface area (Å²) in [6.45, 7) is 0. The van der Waals surface area contributed by atoms with Crippen molar-refractivity contribution in [1.82, 2.24) is 0 Å². The van der Waals surface area contributed by atoms with Gasteiger partial charge in [-0.25, -0.2) is 0 Å². The van der Waals surface area contributed by atoms with Crippen LogP contribution in [-0.2, 0) is 4.79 Å². The van der Waals surface area contributed by atoms with Gasteiger partial charge in [-0.1, -0.05) is 0 Å². The van der Waals surface area contributed by atoms with Crippen LogP contribution in [0.2, 0.25) is 0 Å². The summed E-state index contributed by atoms with van der Waals surface area (Å²) in [5, 5.41) is 13.1. The monoisotopic (exact) mass is 289 g/mol. The Morgan fingerprint density at radius 3 is 2.71 bits per heavy atom. The van der Waals surface area contributed by atoms with Crippen LogP contribution in [0.15, 0.2) is 41.0 Å². The third kappa shape index (κ3) is 3.44. The first-order valence-electron chi connectivity index (χ1n) is 5.88. The lowest BCUT2D eigenvalue weighted by Crippen LogP contribution is -2.16. The summed E-state index contributed by atoms with van der Waals surface area (Å²) in [7, 11) is 0. The molecule has 1 aromatic carbocycles. The van der Waals surface area contributed by atoms with Crippen LogP contribution < -0.4 is 11.1 Å². The molecule has 8 nitrogen and oxygen atoms in total. The van der Waals surface area contributed by atoms with Gasteiger partial charge in [-0.3, -0.25) is 19.7 Å². The van der Waals surface area contributed by atoms with E-state index in [-0.39, 0.29) is 22.8 Å². The van der Waals surface area contributed by atoms with Gasteiger partial charge in [-0.2, -0.15) is 0 Å². The molecule has 0 saturated heterocycles. The summed E-state index contributed by atoms with van der Waals surface area (Å²) >= 11 is 0. The SMILES string of the molecule is Nc1ccc(NC(=O)CC(=O)c2ccco2)cc1[N+](=O)[O-]. The molecule has 8 heteroatoms. The molecule has 2 rings (SSSR count). The number of ketones is 1. The molecule has 0 spiro atoms. The number of carbonyl (C=O) groups is 2. The molecule has 1 amide bonds. The minimum absolute atomic E-state index is 0.00957. The highest BCUT2D eigenvalue weighted by Gasteiger charge is 2.16. The van der Waals surface area contributed by atoms with Gasteiger partial charge in [0.05, 0.1) is 17.6 Å². The van der Waals surface area contributed by atoms with Crippen molar-refractivity contribution in [3.05, 3.63) is 52.5 Å². The van der Waals surface area contributed by atoms with Crippen molar-refractivity contribution in [2.75, 3.05) is 11.1 Å². The fourth-order valence-corrected chi connectivity index (χ4v) is 1.65. The Morgan fingerprint density at radius 2 is 2.10 bits per heavy atom. The Balaban J connectivity index is 2.05. The van der Waals surface area contributed by atoms with Crippen LogP contribution in [0, 0.1) is 10.1 Å². The quantitative estimate of drug-likeness (QED) is 0.285. The number of nitro benzene ring substituents is 1. The zero-order chi connectivity index (χ0) is 15.4. The molecule has 0 bridgehead atoms. The molecule has 0 radical (unpaired) electrons. The Labute approximate surface area is 118 Å². The molecule has 1 heterocycles. The number of nitro groups is 1. The number of rotatable bonds is 5. The third-order valence-corrected chi connectivity index (χ3v) is 2.63. The minimum atomic E-state index is -0.654. The van der Waals surface area contributed by atoms with Crippen molar-refractivity contribution in [2.24, 2.45) is 0 Å². The van der Waals surface area contributed by atoms with Crippen molar-refractivity contribution in [1.29, 1.82) is 0 Å². The molecule has 0 unspecified atom stereocenters. The van der Waals surface area contributed by atoms with Crippen molar-refractivity contribution in [3.8, 4) is 0 Å². The Hall–Kier alpha value is -3.16. The topological polar surface area (TPSA) is 128 Å². The number of anilines is 2. The number of hydrogen-bond donors (Lipinski definition) is 2. The highest BCUT2D eigenvalue weighted by molar-refractivity contribution is 6.09. The lowest BCUT2D eigenvalue weighted by molar-refractivity contribution is -0.383. The van der Waals surface area contributed by atoms with Crippen LogP contribution >= 0.6 is 0 Å². The van der Waals surface area contributed by atoms with Crippen molar-refractivity contribution >= 4 is 28.8 Å². The lowest BCUT2D eigenvalue weighted by atomic mass is 10.2. The van der Waals surface area contributed by atoms with E-state index in [1.165, 1.54) is 30.5 Å². The molecule has 21 heavy (non-hydrogen) atoms. The number of furan rings is 1. The highest BCUT2D eigenvalue weighted by Crippen LogP contribution is 2.25. The molecular formula is C13H11N3O5. The average molecular weight is 289 g/mol. The van der Waals surface area contributed by atoms with Gasteiger partial charge in [0.2, 0.25) is 11.7 Å². The van der Waals surface area contributed by atoms with E-state index in [0.29, 0.717) is 0 Å². The number of nitrogens with zero attached hydrogens (tertiary/aromatic N) is 1. The van der Waals surface area contributed by atoms with Crippen LogP contribution in [0.5, 0.6) is 0 Å². The van der Waals surface area contributed by atoms with Crippen LogP contribution in [0.25, 0.3) is 0 Å². The first-order chi connectivity index (χ1) is 9.97. The van der Waals surface area contributed by atoms with Gasteiger partial charge in [0, 0.05) is 11.8 Å². The zero-order valence-corrected chi connectivity index (χ0v) is 10.7. The van der Waals surface area contributed by atoms with Gasteiger partial charge in [0.1, 0.15) is 5.69 Å². The number of nitrogens with one attached hydrogen (secondary N) is 1. The van der Waals surface area contributed by atoms with Gasteiger partial charge >= 0.3 is 0 Å². The van der Waals surface area contributed by atoms with Crippen LogP contribution in [0.4, 0.5) is 17.1 Å². The fourth-order valence-electron chi connectivity index (χ4n) is 1.65. The van der Waals surface area contributed by atoms with E-state index in [1.807, 2.05) is 0 Å². The second-order valence-electron chi connectivity index (χ2n) is 4.16. The molecule has 108 valence electrons. The summed E-state index contributed by atoms with van der Waals surface area (Å²) in [6.07, 6.45) is 0.903. The van der Waals surface area contributed by atoms with Crippen LogP contribution in [-0.4, -0.2) is 16.6 Å². The predicted molar refractivity (Wildman–Crippen MR) is 73.8 cm³/mol. The Morgan fingerprint density at radius 1 is 1.33 bits per heavy atom. The molecule has 0 saturated carbocycles. The smallest absolute Gasteiger partial charge is 0.294 e. The molecule has 0 aliphatic heterocycles. The first-order valence-corrected chi connectivity index (χ1v) is 5.88. The molecular weight excluding hydrogens is 278 g/mol.